The molecule has 0 aromatic heterocycles. The lowest BCUT2D eigenvalue weighted by Crippen LogP contribution is -2.47. The van der Waals surface area contributed by atoms with Crippen LogP contribution in [-0.2, 0) is 38.6 Å². The van der Waals surface area contributed by atoms with E-state index in [2.05, 4.69) is 63.1 Å². The average Bonchev–Trinajstić information content (AvgIpc) is 2.91. The molecular formula is C34H48ClN3O6SSi. The first-order chi connectivity index (χ1) is 21.1. The van der Waals surface area contributed by atoms with Gasteiger partial charge in [0.25, 0.3) is 0 Å². The highest BCUT2D eigenvalue weighted by atomic mass is 35.5. The van der Waals surface area contributed by atoms with Gasteiger partial charge in [-0.1, -0.05) is 62.7 Å². The van der Waals surface area contributed by atoms with Gasteiger partial charge in [0.2, 0.25) is 15.9 Å². The predicted molar refractivity (Wildman–Crippen MR) is 188 cm³/mol. The molecule has 1 amide bonds. The molecule has 3 aromatic carbocycles. The average molecular weight is 690 g/mol. The minimum absolute atomic E-state index is 0.0627. The van der Waals surface area contributed by atoms with Crippen molar-refractivity contribution in [3.63, 3.8) is 0 Å². The van der Waals surface area contributed by atoms with Crippen molar-refractivity contribution in [3.8, 4) is 11.5 Å². The lowest BCUT2D eigenvalue weighted by atomic mass is 9.93. The number of carbonyl (C=O) groups excluding carboxylic acids is 1. The first kappa shape index (κ1) is 37.4. The van der Waals surface area contributed by atoms with E-state index in [1.807, 2.05) is 24.3 Å². The number of hydrogen-bond donors (Lipinski definition) is 5. The van der Waals surface area contributed by atoms with Crippen molar-refractivity contribution in [3.05, 3.63) is 87.9 Å². The summed E-state index contributed by atoms with van der Waals surface area (Å²) in [5.41, 5.74) is 2.96. The molecule has 0 aliphatic heterocycles. The molecule has 9 nitrogen and oxygen atoms in total. The molecule has 0 bridgehead atoms. The Morgan fingerprint density at radius 1 is 0.957 bits per heavy atom. The van der Waals surface area contributed by atoms with Crippen molar-refractivity contribution in [1.29, 1.82) is 0 Å². The molecule has 3 rings (SSSR count). The van der Waals surface area contributed by atoms with Gasteiger partial charge in [-0.05, 0) is 85.4 Å². The molecule has 0 aliphatic rings. The number of carbonyl (C=O) groups is 1. The van der Waals surface area contributed by atoms with Crippen molar-refractivity contribution in [1.82, 2.24) is 10.6 Å². The molecular weight excluding hydrogens is 642 g/mol. The first-order valence-electron chi connectivity index (χ1n) is 15.2. The van der Waals surface area contributed by atoms with E-state index < -0.39 is 24.4 Å². The van der Waals surface area contributed by atoms with Crippen molar-refractivity contribution in [2.24, 2.45) is 0 Å². The summed E-state index contributed by atoms with van der Waals surface area (Å²) < 4.78 is 33.1. The second-order valence-electron chi connectivity index (χ2n) is 14.0. The molecule has 0 unspecified atom stereocenters. The fourth-order valence-electron chi connectivity index (χ4n) is 4.72. The van der Waals surface area contributed by atoms with E-state index in [1.165, 1.54) is 12.1 Å². The minimum atomic E-state index is -3.60. The monoisotopic (exact) mass is 689 g/mol. The molecule has 5 N–H and O–H groups in total. The molecule has 3 aromatic rings. The summed E-state index contributed by atoms with van der Waals surface area (Å²) in [6.45, 7) is 15.6. The van der Waals surface area contributed by atoms with Crippen LogP contribution in [0.15, 0.2) is 60.7 Å². The van der Waals surface area contributed by atoms with Gasteiger partial charge < -0.3 is 25.3 Å². The molecule has 0 fully saturated rings. The van der Waals surface area contributed by atoms with Crippen LogP contribution in [0.4, 0.5) is 5.69 Å². The highest BCUT2D eigenvalue weighted by molar-refractivity contribution is 7.92. The highest BCUT2D eigenvalue weighted by Crippen LogP contribution is 2.40. The van der Waals surface area contributed by atoms with Crippen molar-refractivity contribution in [2.45, 2.75) is 83.8 Å². The summed E-state index contributed by atoms with van der Waals surface area (Å²) in [6, 6.07) is 17.5. The number of hydrogen-bond acceptors (Lipinski definition) is 7. The molecule has 1 atom stereocenters. The Hall–Kier alpha value is -3.09. The smallest absolute Gasteiger partial charge is 0.229 e. The van der Waals surface area contributed by atoms with Gasteiger partial charge in [0.15, 0.2) is 8.32 Å². The normalized spacial score (nSPS) is 13.3. The Labute approximate surface area is 279 Å². The number of benzene rings is 3. The van der Waals surface area contributed by atoms with Crippen molar-refractivity contribution in [2.75, 3.05) is 17.5 Å². The van der Waals surface area contributed by atoms with E-state index >= 15 is 0 Å². The fourth-order valence-corrected chi connectivity index (χ4v) is 6.77. The predicted octanol–water partition coefficient (Wildman–Crippen LogP) is 6.66. The maximum absolute atomic E-state index is 12.7. The Balaban J connectivity index is 1.73. The van der Waals surface area contributed by atoms with Crippen LogP contribution in [-0.4, -0.2) is 51.2 Å². The molecule has 0 saturated heterocycles. The number of aromatic hydroxyl groups is 2. The summed E-state index contributed by atoms with van der Waals surface area (Å²) >= 11 is 6.02. The SMILES string of the molecule is CC(C)(Cc1cccc(CC(=O)NCc2cc(Cl)ccc2O)c1)NC[C@H](O[Si](C)(C)C(C)(C)C)c1ccc(O)c(NS(C)(=O)=O)c1. The zero-order valence-corrected chi connectivity index (χ0v) is 30.6. The van der Waals surface area contributed by atoms with Crippen LogP contribution >= 0.6 is 11.6 Å². The summed E-state index contributed by atoms with van der Waals surface area (Å²) in [4.78, 5) is 12.7. The third-order valence-corrected chi connectivity index (χ3v) is 13.5. The van der Waals surface area contributed by atoms with E-state index in [0.717, 1.165) is 22.9 Å². The maximum Gasteiger partial charge on any atom is 0.229 e. The molecule has 0 aliphatic carbocycles. The molecule has 252 valence electrons. The van der Waals surface area contributed by atoms with E-state index in [1.54, 1.807) is 24.3 Å². The van der Waals surface area contributed by atoms with E-state index in [9.17, 15) is 23.4 Å². The topological polar surface area (TPSA) is 137 Å². The number of sulfonamides is 1. The van der Waals surface area contributed by atoms with Crippen LogP contribution in [0.5, 0.6) is 11.5 Å². The van der Waals surface area contributed by atoms with Crippen LogP contribution in [0.2, 0.25) is 23.2 Å². The Kier molecular flexibility index (Phi) is 12.0. The zero-order chi connectivity index (χ0) is 34.5. The van der Waals surface area contributed by atoms with Crippen LogP contribution in [0, 0.1) is 0 Å². The molecule has 0 heterocycles. The number of halogens is 1. The lowest BCUT2D eigenvalue weighted by molar-refractivity contribution is -0.120. The summed E-state index contributed by atoms with van der Waals surface area (Å²) in [7, 11) is -5.86. The Morgan fingerprint density at radius 2 is 1.61 bits per heavy atom. The van der Waals surface area contributed by atoms with Gasteiger partial charge in [0.1, 0.15) is 11.5 Å². The van der Waals surface area contributed by atoms with Gasteiger partial charge in [-0.3, -0.25) is 9.52 Å². The number of amides is 1. The van der Waals surface area contributed by atoms with Gasteiger partial charge in [-0.15, -0.1) is 0 Å². The second kappa shape index (κ2) is 14.8. The summed E-state index contributed by atoms with van der Waals surface area (Å²) in [5, 5.41) is 27.3. The van der Waals surface area contributed by atoms with Crippen LogP contribution in [0.1, 0.15) is 63.0 Å². The zero-order valence-electron chi connectivity index (χ0n) is 28.0. The highest BCUT2D eigenvalue weighted by Gasteiger charge is 2.40. The first-order valence-corrected chi connectivity index (χ1v) is 20.4. The van der Waals surface area contributed by atoms with Gasteiger partial charge in [-0.2, -0.15) is 0 Å². The number of anilines is 1. The minimum Gasteiger partial charge on any atom is -0.508 e. The third kappa shape index (κ3) is 11.3. The molecule has 0 saturated carbocycles. The summed E-state index contributed by atoms with van der Waals surface area (Å²) in [6.07, 6.45) is 1.49. The molecule has 0 spiro atoms. The fraction of sp³-hybridized carbons (Fsp3) is 0.441. The number of rotatable bonds is 14. The summed E-state index contributed by atoms with van der Waals surface area (Å²) in [5.74, 6) is -0.252. The standard InChI is InChI=1S/C34H48ClN3O6SSi/c1-33(2,3)46(7,8)44-31(25-12-14-30(40)28(19-25)38-45(6,42)43)22-37-34(4,5)20-24-11-9-10-23(16-24)17-32(41)36-21-26-18-27(35)13-15-29(26)39/h9-16,18-19,31,37-40H,17,20-22H2,1-8H3,(H,36,41)/t31-/m0/s1. The van der Waals surface area contributed by atoms with E-state index in [4.69, 9.17) is 16.0 Å². The number of phenols is 2. The molecule has 0 radical (unpaired) electrons. The quantitative estimate of drug-likeness (QED) is 0.0944. The van der Waals surface area contributed by atoms with Gasteiger partial charge in [0.05, 0.1) is 24.5 Å². The van der Waals surface area contributed by atoms with Crippen LogP contribution in [0.25, 0.3) is 0 Å². The van der Waals surface area contributed by atoms with Crippen LogP contribution in [0.3, 0.4) is 0 Å². The van der Waals surface area contributed by atoms with Gasteiger partial charge in [-0.25, -0.2) is 8.42 Å². The van der Waals surface area contributed by atoms with Gasteiger partial charge >= 0.3 is 0 Å². The molecule has 46 heavy (non-hydrogen) atoms. The number of phenolic OH excluding ortho intramolecular Hbond substituents is 2. The Bertz CT molecular complexity index is 1640. The Morgan fingerprint density at radius 3 is 2.26 bits per heavy atom. The van der Waals surface area contributed by atoms with E-state index in [-0.39, 0.29) is 46.6 Å². The largest absolute Gasteiger partial charge is 0.508 e. The third-order valence-electron chi connectivity index (χ3n) is 8.22. The number of nitrogens with one attached hydrogen (secondary N) is 3. The maximum atomic E-state index is 12.7. The molecule has 12 heteroatoms. The lowest BCUT2D eigenvalue weighted by Gasteiger charge is -2.40. The second-order valence-corrected chi connectivity index (χ2v) is 20.9. The van der Waals surface area contributed by atoms with Crippen molar-refractivity contribution < 1.29 is 27.9 Å². The van der Waals surface area contributed by atoms with Crippen LogP contribution < -0.4 is 15.4 Å². The van der Waals surface area contributed by atoms with E-state index in [0.29, 0.717) is 23.6 Å². The van der Waals surface area contributed by atoms with Gasteiger partial charge in [0, 0.05) is 29.2 Å². The van der Waals surface area contributed by atoms with Crippen molar-refractivity contribution >= 4 is 41.5 Å².